The summed E-state index contributed by atoms with van der Waals surface area (Å²) in [5, 5.41) is 1.16. The topological polar surface area (TPSA) is 33.2 Å². The minimum atomic E-state index is 0.239. The van der Waals surface area contributed by atoms with Crippen molar-refractivity contribution in [3.8, 4) is 0 Å². The molecule has 0 bridgehead atoms. The smallest absolute Gasteiger partial charge is 0.222 e. The monoisotopic (exact) mass is 400 g/mol. The Hall–Kier alpha value is -1.72. The molecule has 0 unspecified atom stereocenters. The average Bonchev–Trinajstić information content (AvgIpc) is 2.96. The number of aryl methyl sites for hydroxylation is 1. The Morgan fingerprint density at radius 1 is 1.17 bits per heavy atom. The molecule has 1 aliphatic rings. The van der Waals surface area contributed by atoms with Gasteiger partial charge in [-0.05, 0) is 30.2 Å². The van der Waals surface area contributed by atoms with Gasteiger partial charge in [0.1, 0.15) is 5.01 Å². The van der Waals surface area contributed by atoms with Crippen molar-refractivity contribution in [2.24, 2.45) is 0 Å². The Morgan fingerprint density at radius 3 is 2.71 bits per heavy atom. The van der Waals surface area contributed by atoms with Crippen LogP contribution in [0.5, 0.6) is 0 Å². The number of benzene rings is 2. The molecule has 2 heterocycles. The minimum absolute atomic E-state index is 0.239. The molecular formula is C19H17BrN2OS. The molecular weight excluding hydrogens is 384 g/mol. The number of carbonyl (C=O) groups is 1. The van der Waals surface area contributed by atoms with E-state index in [4.69, 9.17) is 4.98 Å². The van der Waals surface area contributed by atoms with Gasteiger partial charge >= 0.3 is 0 Å². The van der Waals surface area contributed by atoms with Crippen LogP contribution >= 0.6 is 27.3 Å². The third-order valence-corrected chi connectivity index (χ3v) is 6.43. The number of hydrogen-bond donors (Lipinski definition) is 0. The summed E-state index contributed by atoms with van der Waals surface area (Å²) in [6.07, 6.45) is 1.34. The fourth-order valence-corrected chi connectivity index (χ4v) is 4.54. The van der Waals surface area contributed by atoms with Crippen LogP contribution in [0.15, 0.2) is 53.0 Å². The van der Waals surface area contributed by atoms with E-state index in [1.54, 1.807) is 11.3 Å². The highest BCUT2D eigenvalue weighted by molar-refractivity contribution is 9.10. The van der Waals surface area contributed by atoms with Gasteiger partial charge in [-0.1, -0.05) is 46.3 Å². The van der Waals surface area contributed by atoms with Crippen molar-refractivity contribution in [3.05, 3.63) is 63.6 Å². The van der Waals surface area contributed by atoms with E-state index in [-0.39, 0.29) is 5.91 Å². The molecule has 0 radical (unpaired) electrons. The normalized spacial score (nSPS) is 14.8. The molecule has 0 atom stereocenters. The predicted octanol–water partition coefficient (Wildman–Crippen LogP) is 4.62. The van der Waals surface area contributed by atoms with Crippen LogP contribution in [0.1, 0.15) is 22.9 Å². The number of para-hydroxylation sites is 1. The first-order chi connectivity index (χ1) is 11.7. The third-order valence-electron chi connectivity index (χ3n) is 4.46. The van der Waals surface area contributed by atoms with Crippen LogP contribution in [0, 0.1) is 0 Å². The second-order valence-electron chi connectivity index (χ2n) is 6.11. The second kappa shape index (κ2) is 6.65. The first-order valence-corrected chi connectivity index (χ1v) is 9.68. The molecule has 0 N–H and O–H groups in total. The lowest BCUT2D eigenvalue weighted by Gasteiger charge is -2.38. The number of amides is 1. The summed E-state index contributed by atoms with van der Waals surface area (Å²) < 4.78 is 2.31. The molecule has 5 heteroatoms. The van der Waals surface area contributed by atoms with Gasteiger partial charge in [0.15, 0.2) is 0 Å². The van der Waals surface area contributed by atoms with Gasteiger partial charge in [-0.3, -0.25) is 4.79 Å². The van der Waals surface area contributed by atoms with Gasteiger partial charge < -0.3 is 4.90 Å². The van der Waals surface area contributed by atoms with E-state index in [2.05, 4.69) is 34.1 Å². The quantitative estimate of drug-likeness (QED) is 0.639. The van der Waals surface area contributed by atoms with Crippen LogP contribution in [-0.4, -0.2) is 28.9 Å². The highest BCUT2D eigenvalue weighted by Crippen LogP contribution is 2.33. The molecule has 1 aromatic heterocycles. The SMILES string of the molecule is O=C(CCc1ccccc1Br)N1CC(c2nc3ccccc3s2)C1. The van der Waals surface area contributed by atoms with Crippen LogP contribution in [0.25, 0.3) is 10.2 Å². The number of rotatable bonds is 4. The molecule has 0 saturated carbocycles. The lowest BCUT2D eigenvalue weighted by Crippen LogP contribution is -2.48. The number of aromatic nitrogens is 1. The highest BCUT2D eigenvalue weighted by atomic mass is 79.9. The van der Waals surface area contributed by atoms with Gasteiger partial charge in [0.25, 0.3) is 0 Å². The van der Waals surface area contributed by atoms with Crippen LogP contribution in [0.4, 0.5) is 0 Å². The van der Waals surface area contributed by atoms with E-state index in [0.717, 1.165) is 34.5 Å². The van der Waals surface area contributed by atoms with E-state index in [1.165, 1.54) is 10.3 Å². The number of fused-ring (bicyclic) bond motifs is 1. The molecule has 24 heavy (non-hydrogen) atoms. The summed E-state index contributed by atoms with van der Waals surface area (Å²) in [4.78, 5) is 19.0. The van der Waals surface area contributed by atoms with E-state index in [0.29, 0.717) is 12.3 Å². The zero-order valence-electron chi connectivity index (χ0n) is 13.1. The van der Waals surface area contributed by atoms with Crippen molar-refractivity contribution in [2.45, 2.75) is 18.8 Å². The third kappa shape index (κ3) is 3.10. The fraction of sp³-hybridized carbons (Fsp3) is 0.263. The molecule has 0 aliphatic carbocycles. The summed E-state index contributed by atoms with van der Waals surface area (Å²) in [6.45, 7) is 1.60. The molecule has 0 spiro atoms. The van der Waals surface area contributed by atoms with Crippen LogP contribution in [0.3, 0.4) is 0 Å². The van der Waals surface area contributed by atoms with Crippen LogP contribution < -0.4 is 0 Å². The predicted molar refractivity (Wildman–Crippen MR) is 101 cm³/mol. The molecule has 1 saturated heterocycles. The number of carbonyl (C=O) groups excluding carboxylic acids is 1. The molecule has 122 valence electrons. The zero-order chi connectivity index (χ0) is 16.5. The van der Waals surface area contributed by atoms with Gasteiger partial charge in [0.2, 0.25) is 5.91 Å². The summed E-state index contributed by atoms with van der Waals surface area (Å²) in [7, 11) is 0. The number of likely N-dealkylation sites (tertiary alicyclic amines) is 1. The average molecular weight is 401 g/mol. The van der Waals surface area contributed by atoms with Gasteiger partial charge in [-0.15, -0.1) is 11.3 Å². The number of thiazole rings is 1. The summed E-state index contributed by atoms with van der Waals surface area (Å²) in [5.74, 6) is 0.637. The molecule has 1 fully saturated rings. The van der Waals surface area contributed by atoms with Crippen molar-refractivity contribution in [1.29, 1.82) is 0 Å². The largest absolute Gasteiger partial charge is 0.341 e. The first-order valence-electron chi connectivity index (χ1n) is 8.07. The van der Waals surface area contributed by atoms with Gasteiger partial charge in [0.05, 0.1) is 10.2 Å². The molecule has 2 aromatic carbocycles. The lowest BCUT2D eigenvalue weighted by molar-refractivity contribution is -0.135. The molecule has 4 rings (SSSR count). The minimum Gasteiger partial charge on any atom is -0.341 e. The summed E-state index contributed by atoms with van der Waals surface area (Å²) >= 11 is 5.29. The van der Waals surface area contributed by atoms with E-state index >= 15 is 0 Å². The van der Waals surface area contributed by atoms with Gasteiger partial charge in [-0.2, -0.15) is 0 Å². The van der Waals surface area contributed by atoms with Crippen LogP contribution in [0.2, 0.25) is 0 Å². The number of halogens is 1. The maximum Gasteiger partial charge on any atom is 0.222 e. The lowest BCUT2D eigenvalue weighted by atomic mass is 9.99. The number of hydrogen-bond acceptors (Lipinski definition) is 3. The Kier molecular flexibility index (Phi) is 4.37. The molecule has 3 nitrogen and oxygen atoms in total. The maximum absolute atomic E-state index is 12.4. The Balaban J connectivity index is 1.33. The van der Waals surface area contributed by atoms with E-state index in [9.17, 15) is 4.79 Å². The van der Waals surface area contributed by atoms with Gasteiger partial charge in [-0.25, -0.2) is 4.98 Å². The maximum atomic E-state index is 12.4. The standard InChI is InChI=1S/C19H17BrN2OS/c20-15-6-2-1-5-13(15)9-10-18(23)22-11-14(12-22)19-21-16-7-3-4-8-17(16)24-19/h1-8,14H,9-12H2. The van der Waals surface area contributed by atoms with E-state index in [1.807, 2.05) is 35.2 Å². The second-order valence-corrected chi connectivity index (χ2v) is 8.02. The van der Waals surface area contributed by atoms with Crippen molar-refractivity contribution in [2.75, 3.05) is 13.1 Å². The fourth-order valence-electron chi connectivity index (χ4n) is 3.00. The van der Waals surface area contributed by atoms with Crippen molar-refractivity contribution < 1.29 is 4.79 Å². The molecule has 1 aliphatic heterocycles. The van der Waals surface area contributed by atoms with Crippen molar-refractivity contribution >= 4 is 43.4 Å². The summed E-state index contributed by atoms with van der Waals surface area (Å²) in [5.41, 5.74) is 2.25. The number of nitrogens with zero attached hydrogens (tertiary/aromatic N) is 2. The Bertz CT molecular complexity index is 853. The molecule has 1 amide bonds. The Labute approximate surface area is 153 Å². The van der Waals surface area contributed by atoms with Crippen LogP contribution in [-0.2, 0) is 11.2 Å². The van der Waals surface area contributed by atoms with Crippen molar-refractivity contribution in [3.63, 3.8) is 0 Å². The highest BCUT2D eigenvalue weighted by Gasteiger charge is 2.33. The van der Waals surface area contributed by atoms with E-state index < -0.39 is 0 Å². The molecule has 3 aromatic rings. The Morgan fingerprint density at radius 2 is 1.92 bits per heavy atom. The van der Waals surface area contributed by atoms with Gasteiger partial charge in [0, 0.05) is 29.9 Å². The van der Waals surface area contributed by atoms with Crippen molar-refractivity contribution in [1.82, 2.24) is 9.88 Å². The first kappa shape index (κ1) is 15.8. The summed E-state index contributed by atoms with van der Waals surface area (Å²) in [6, 6.07) is 16.3. The zero-order valence-corrected chi connectivity index (χ0v) is 15.5.